The van der Waals surface area contributed by atoms with E-state index >= 15 is 0 Å². The molecule has 20 heavy (non-hydrogen) atoms. The van der Waals surface area contributed by atoms with Crippen LogP contribution >= 0.6 is 11.8 Å². The van der Waals surface area contributed by atoms with Crippen LogP contribution < -0.4 is 4.90 Å². The lowest BCUT2D eigenvalue weighted by molar-refractivity contribution is 0.0694. The number of carboxylic acids is 1. The molecule has 0 fully saturated rings. The highest BCUT2D eigenvalue weighted by molar-refractivity contribution is 7.98. The third-order valence-corrected chi connectivity index (χ3v) is 4.00. The Bertz CT molecular complexity index is 623. The van der Waals surface area contributed by atoms with Crippen LogP contribution in [0.3, 0.4) is 0 Å². The quantitative estimate of drug-likeness (QED) is 0.856. The van der Waals surface area contributed by atoms with E-state index in [2.05, 4.69) is 0 Å². The fraction of sp³-hybridized carbons (Fsp3) is 0.188. The molecule has 0 spiro atoms. The molecule has 0 aliphatic rings. The lowest BCUT2D eigenvalue weighted by Crippen LogP contribution is -2.14. The average Bonchev–Trinajstić information content (AvgIpc) is 2.46. The van der Waals surface area contributed by atoms with Crippen LogP contribution in [0.4, 0.5) is 11.4 Å². The first-order valence-corrected chi connectivity index (χ1v) is 7.47. The third-order valence-electron chi connectivity index (χ3n) is 3.22. The Labute approximate surface area is 123 Å². The summed E-state index contributed by atoms with van der Waals surface area (Å²) >= 11 is 1.45. The molecule has 2 aromatic carbocycles. The predicted octanol–water partition coefficient (Wildman–Crippen LogP) is 4.18. The van der Waals surface area contributed by atoms with Crippen LogP contribution in [-0.2, 0) is 0 Å². The lowest BCUT2D eigenvalue weighted by atomic mass is 10.1. The fourth-order valence-electron chi connectivity index (χ4n) is 2.09. The van der Waals surface area contributed by atoms with Gasteiger partial charge in [0.2, 0.25) is 0 Å². The topological polar surface area (TPSA) is 40.5 Å². The van der Waals surface area contributed by atoms with Gasteiger partial charge in [-0.05, 0) is 37.4 Å². The Hall–Kier alpha value is -1.94. The van der Waals surface area contributed by atoms with Crippen LogP contribution in [-0.4, -0.2) is 24.4 Å². The number of nitrogens with zero attached hydrogens (tertiary/aromatic N) is 1. The number of aromatic carboxylic acids is 1. The highest BCUT2D eigenvalue weighted by atomic mass is 32.2. The summed E-state index contributed by atoms with van der Waals surface area (Å²) in [7, 11) is 1.89. The maximum absolute atomic E-state index is 11.6. The Kier molecular flexibility index (Phi) is 4.35. The minimum Gasteiger partial charge on any atom is -0.478 e. The van der Waals surface area contributed by atoms with Crippen LogP contribution in [0.2, 0.25) is 0 Å². The van der Waals surface area contributed by atoms with E-state index in [1.165, 1.54) is 17.3 Å². The minimum atomic E-state index is -0.899. The molecule has 0 bridgehead atoms. The summed E-state index contributed by atoms with van der Waals surface area (Å²) in [5.41, 5.74) is 3.20. The van der Waals surface area contributed by atoms with E-state index in [1.807, 2.05) is 67.6 Å². The maximum Gasteiger partial charge on any atom is 0.338 e. The summed E-state index contributed by atoms with van der Waals surface area (Å²) in [4.78, 5) is 14.2. The van der Waals surface area contributed by atoms with E-state index in [4.69, 9.17) is 0 Å². The molecule has 0 amide bonds. The van der Waals surface area contributed by atoms with Gasteiger partial charge in [-0.3, -0.25) is 0 Å². The van der Waals surface area contributed by atoms with E-state index in [1.54, 1.807) is 0 Å². The van der Waals surface area contributed by atoms with Crippen LogP contribution in [0.5, 0.6) is 0 Å². The van der Waals surface area contributed by atoms with E-state index < -0.39 is 5.97 Å². The maximum atomic E-state index is 11.6. The molecule has 1 N–H and O–H groups in total. The van der Waals surface area contributed by atoms with Crippen LogP contribution in [0.15, 0.2) is 47.4 Å². The molecule has 2 aromatic rings. The third kappa shape index (κ3) is 2.80. The standard InChI is InChI=1S/C16H17NO2S/c1-11-7-9-12(10-8-11)17(2)13-5-4-6-14(20-3)15(13)16(18)19/h4-10H,1-3H3,(H,18,19). The second-order valence-electron chi connectivity index (χ2n) is 4.55. The van der Waals surface area contributed by atoms with Gasteiger partial charge in [-0.15, -0.1) is 11.8 Å². The van der Waals surface area contributed by atoms with Crippen LogP contribution in [0.1, 0.15) is 15.9 Å². The molecular formula is C16H17NO2S. The molecular weight excluding hydrogens is 270 g/mol. The lowest BCUT2D eigenvalue weighted by Gasteiger charge is -2.22. The Morgan fingerprint density at radius 3 is 2.35 bits per heavy atom. The SMILES string of the molecule is CSc1cccc(N(C)c2ccc(C)cc2)c1C(=O)O. The molecule has 0 atom stereocenters. The number of hydrogen-bond donors (Lipinski definition) is 1. The number of hydrogen-bond acceptors (Lipinski definition) is 3. The molecule has 0 heterocycles. The summed E-state index contributed by atoms with van der Waals surface area (Å²) < 4.78 is 0. The monoisotopic (exact) mass is 287 g/mol. The number of aryl methyl sites for hydroxylation is 1. The molecule has 0 aliphatic carbocycles. The van der Waals surface area contributed by atoms with E-state index in [0.29, 0.717) is 11.3 Å². The fourth-order valence-corrected chi connectivity index (χ4v) is 2.70. The van der Waals surface area contributed by atoms with Crippen molar-refractivity contribution in [2.75, 3.05) is 18.2 Å². The first kappa shape index (κ1) is 14.5. The largest absolute Gasteiger partial charge is 0.478 e. The van der Waals surface area contributed by atoms with Gasteiger partial charge >= 0.3 is 5.97 Å². The highest BCUT2D eigenvalue weighted by Gasteiger charge is 2.18. The van der Waals surface area contributed by atoms with Gasteiger partial charge < -0.3 is 10.0 Å². The molecule has 0 saturated carbocycles. The number of thioether (sulfide) groups is 1. The second kappa shape index (κ2) is 6.01. The second-order valence-corrected chi connectivity index (χ2v) is 5.40. The Morgan fingerprint density at radius 1 is 1.15 bits per heavy atom. The van der Waals surface area contributed by atoms with Crippen molar-refractivity contribution in [3.63, 3.8) is 0 Å². The molecule has 3 nitrogen and oxygen atoms in total. The Morgan fingerprint density at radius 2 is 1.80 bits per heavy atom. The average molecular weight is 287 g/mol. The zero-order chi connectivity index (χ0) is 14.7. The summed E-state index contributed by atoms with van der Waals surface area (Å²) in [6.07, 6.45) is 1.89. The smallest absolute Gasteiger partial charge is 0.338 e. The van der Waals surface area contributed by atoms with Crippen molar-refractivity contribution < 1.29 is 9.90 Å². The zero-order valence-corrected chi connectivity index (χ0v) is 12.6. The van der Waals surface area contributed by atoms with Gasteiger partial charge in [0, 0.05) is 17.6 Å². The van der Waals surface area contributed by atoms with Gasteiger partial charge in [0.05, 0.1) is 11.3 Å². The van der Waals surface area contributed by atoms with E-state index in [0.717, 1.165) is 10.6 Å². The summed E-state index contributed by atoms with van der Waals surface area (Å²) in [6.45, 7) is 2.03. The molecule has 0 aliphatic heterocycles. The molecule has 2 rings (SSSR count). The van der Waals surface area contributed by atoms with Crippen molar-refractivity contribution in [1.82, 2.24) is 0 Å². The zero-order valence-electron chi connectivity index (χ0n) is 11.8. The summed E-state index contributed by atoms with van der Waals surface area (Å²) in [5.74, 6) is -0.899. The van der Waals surface area contributed by atoms with Gasteiger partial charge in [0.15, 0.2) is 0 Å². The first-order valence-electron chi connectivity index (χ1n) is 6.25. The van der Waals surface area contributed by atoms with Gasteiger partial charge in [-0.2, -0.15) is 0 Å². The van der Waals surface area contributed by atoms with Crippen molar-refractivity contribution >= 4 is 29.1 Å². The summed E-state index contributed by atoms with van der Waals surface area (Å²) in [5, 5.41) is 9.48. The van der Waals surface area contributed by atoms with E-state index in [9.17, 15) is 9.90 Å². The molecule has 0 saturated heterocycles. The normalized spacial score (nSPS) is 10.3. The number of rotatable bonds is 4. The minimum absolute atomic E-state index is 0.350. The van der Waals surface area contributed by atoms with Gasteiger partial charge in [-0.25, -0.2) is 4.79 Å². The van der Waals surface area contributed by atoms with Crippen molar-refractivity contribution in [3.05, 3.63) is 53.6 Å². The molecule has 0 radical (unpaired) electrons. The van der Waals surface area contributed by atoms with Gasteiger partial charge in [0.25, 0.3) is 0 Å². The number of benzene rings is 2. The van der Waals surface area contributed by atoms with Crippen molar-refractivity contribution in [1.29, 1.82) is 0 Å². The number of anilines is 2. The van der Waals surface area contributed by atoms with E-state index in [-0.39, 0.29) is 0 Å². The summed E-state index contributed by atoms with van der Waals surface area (Å²) in [6, 6.07) is 13.6. The molecule has 0 aromatic heterocycles. The van der Waals surface area contributed by atoms with Crippen molar-refractivity contribution in [2.24, 2.45) is 0 Å². The van der Waals surface area contributed by atoms with Gasteiger partial charge in [0.1, 0.15) is 0 Å². The first-order chi connectivity index (χ1) is 9.54. The van der Waals surface area contributed by atoms with Crippen molar-refractivity contribution in [3.8, 4) is 0 Å². The molecule has 4 heteroatoms. The highest BCUT2D eigenvalue weighted by Crippen LogP contribution is 2.33. The van der Waals surface area contributed by atoms with Crippen molar-refractivity contribution in [2.45, 2.75) is 11.8 Å². The molecule has 104 valence electrons. The Balaban J connectivity index is 2.51. The van der Waals surface area contributed by atoms with Gasteiger partial charge in [-0.1, -0.05) is 23.8 Å². The van der Waals surface area contributed by atoms with Crippen LogP contribution in [0.25, 0.3) is 0 Å². The number of carboxylic acid groups (broad SMARTS) is 1. The van der Waals surface area contributed by atoms with Crippen LogP contribution in [0, 0.1) is 6.92 Å². The number of carbonyl (C=O) groups is 1. The predicted molar refractivity (Wildman–Crippen MR) is 84.4 cm³/mol. The molecule has 0 unspecified atom stereocenters.